The average Bonchev–Trinajstić information content (AvgIpc) is 2.89. The fraction of sp³-hybridized carbons (Fsp3) is 0.429. The van der Waals surface area contributed by atoms with E-state index in [0.717, 1.165) is 35.4 Å². The van der Waals surface area contributed by atoms with Gasteiger partial charge >= 0.3 is 0 Å². The molecule has 2 aromatic rings. The first-order valence-corrected chi connectivity index (χ1v) is 7.40. The number of hydrogen-bond acceptors (Lipinski definition) is 4. The van der Waals surface area contributed by atoms with E-state index in [4.69, 9.17) is 4.52 Å². The van der Waals surface area contributed by atoms with Crippen molar-refractivity contribution >= 4 is 15.9 Å². The molecule has 0 radical (unpaired) electrons. The summed E-state index contributed by atoms with van der Waals surface area (Å²) in [5, 5.41) is 7.48. The molecule has 100 valence electrons. The van der Waals surface area contributed by atoms with E-state index in [1.165, 1.54) is 12.8 Å². The van der Waals surface area contributed by atoms with Gasteiger partial charge in [0.2, 0.25) is 11.7 Å². The third kappa shape index (κ3) is 3.04. The second kappa shape index (κ2) is 5.84. The zero-order valence-electron chi connectivity index (χ0n) is 10.6. The maximum Gasteiger partial charge on any atom is 0.227 e. The molecule has 1 unspecified atom stereocenters. The van der Waals surface area contributed by atoms with Crippen molar-refractivity contribution in [3.63, 3.8) is 0 Å². The topological polar surface area (TPSA) is 51.0 Å². The van der Waals surface area contributed by atoms with Gasteiger partial charge in [0, 0.05) is 16.5 Å². The van der Waals surface area contributed by atoms with E-state index in [1.807, 2.05) is 24.3 Å². The second-order valence-corrected chi connectivity index (χ2v) is 5.76. The third-order valence-electron chi connectivity index (χ3n) is 3.45. The number of piperidine rings is 1. The molecule has 1 saturated heterocycles. The minimum Gasteiger partial charge on any atom is -0.339 e. The van der Waals surface area contributed by atoms with Crippen LogP contribution in [0.3, 0.4) is 0 Å². The van der Waals surface area contributed by atoms with Gasteiger partial charge in [-0.2, -0.15) is 4.98 Å². The van der Waals surface area contributed by atoms with Crippen LogP contribution in [0.25, 0.3) is 11.4 Å². The second-order valence-electron chi connectivity index (χ2n) is 4.91. The Labute approximate surface area is 120 Å². The van der Waals surface area contributed by atoms with Crippen molar-refractivity contribution in [3.05, 3.63) is 34.6 Å². The summed E-state index contributed by atoms with van der Waals surface area (Å²) < 4.78 is 6.35. The van der Waals surface area contributed by atoms with Crippen molar-refractivity contribution in [2.24, 2.45) is 5.92 Å². The van der Waals surface area contributed by atoms with Crippen molar-refractivity contribution in [3.8, 4) is 11.4 Å². The van der Waals surface area contributed by atoms with E-state index >= 15 is 0 Å². The van der Waals surface area contributed by atoms with Crippen LogP contribution in [0, 0.1) is 5.92 Å². The first-order chi connectivity index (χ1) is 9.33. The Bertz CT molecular complexity index is 549. The summed E-state index contributed by atoms with van der Waals surface area (Å²) in [6.07, 6.45) is 3.33. The van der Waals surface area contributed by atoms with E-state index < -0.39 is 0 Å². The van der Waals surface area contributed by atoms with Crippen LogP contribution < -0.4 is 5.32 Å². The van der Waals surface area contributed by atoms with Crippen LogP contribution in [0.1, 0.15) is 18.7 Å². The summed E-state index contributed by atoms with van der Waals surface area (Å²) in [5.41, 5.74) is 0.972. The molecule has 0 aliphatic carbocycles. The number of halogens is 1. The molecule has 3 rings (SSSR count). The highest BCUT2D eigenvalue weighted by molar-refractivity contribution is 9.10. The Balaban J connectivity index is 1.74. The quantitative estimate of drug-likeness (QED) is 0.944. The van der Waals surface area contributed by atoms with Crippen LogP contribution in [0.5, 0.6) is 0 Å². The van der Waals surface area contributed by atoms with Gasteiger partial charge in [0.25, 0.3) is 0 Å². The van der Waals surface area contributed by atoms with E-state index in [2.05, 4.69) is 31.4 Å². The number of hydrogen-bond donors (Lipinski definition) is 1. The van der Waals surface area contributed by atoms with Crippen molar-refractivity contribution in [1.82, 2.24) is 15.5 Å². The molecule has 1 aromatic heterocycles. The molecule has 5 heteroatoms. The average molecular weight is 322 g/mol. The molecular weight excluding hydrogens is 306 g/mol. The fourth-order valence-electron chi connectivity index (χ4n) is 2.43. The summed E-state index contributed by atoms with van der Waals surface area (Å²) in [4.78, 5) is 4.50. The Morgan fingerprint density at radius 2 is 2.26 bits per heavy atom. The summed E-state index contributed by atoms with van der Waals surface area (Å²) in [5.74, 6) is 2.01. The molecule has 1 N–H and O–H groups in total. The van der Waals surface area contributed by atoms with Gasteiger partial charge in [0.1, 0.15) is 0 Å². The summed E-state index contributed by atoms with van der Waals surface area (Å²) >= 11 is 3.51. The molecule has 19 heavy (non-hydrogen) atoms. The lowest BCUT2D eigenvalue weighted by Crippen LogP contribution is -2.30. The summed E-state index contributed by atoms with van der Waals surface area (Å²) in [6, 6.07) is 7.92. The van der Waals surface area contributed by atoms with Crippen LogP contribution in [-0.2, 0) is 6.42 Å². The lowest BCUT2D eigenvalue weighted by Gasteiger charge is -2.20. The van der Waals surface area contributed by atoms with Crippen LogP contribution in [-0.4, -0.2) is 23.2 Å². The first-order valence-electron chi connectivity index (χ1n) is 6.61. The summed E-state index contributed by atoms with van der Waals surface area (Å²) in [7, 11) is 0. The lowest BCUT2D eigenvalue weighted by molar-refractivity contribution is 0.316. The van der Waals surface area contributed by atoms with Crippen molar-refractivity contribution in [2.45, 2.75) is 19.3 Å². The molecule has 0 bridgehead atoms. The smallest absolute Gasteiger partial charge is 0.227 e. The van der Waals surface area contributed by atoms with Crippen LogP contribution in [0.15, 0.2) is 33.3 Å². The van der Waals surface area contributed by atoms with E-state index in [-0.39, 0.29) is 0 Å². The molecule has 1 atom stereocenters. The predicted molar refractivity (Wildman–Crippen MR) is 76.7 cm³/mol. The predicted octanol–water partition coefficient (Wildman–Crippen LogP) is 3.04. The highest BCUT2D eigenvalue weighted by Crippen LogP contribution is 2.26. The number of nitrogens with one attached hydrogen (secondary N) is 1. The maximum atomic E-state index is 5.37. The summed E-state index contributed by atoms with van der Waals surface area (Å²) in [6.45, 7) is 2.18. The van der Waals surface area contributed by atoms with Crippen molar-refractivity contribution < 1.29 is 4.52 Å². The number of benzene rings is 1. The molecule has 1 fully saturated rings. The fourth-order valence-corrected chi connectivity index (χ4v) is 2.90. The highest BCUT2D eigenvalue weighted by Gasteiger charge is 2.18. The lowest BCUT2D eigenvalue weighted by atomic mass is 9.96. The third-order valence-corrected chi connectivity index (χ3v) is 4.14. The zero-order valence-corrected chi connectivity index (χ0v) is 12.2. The van der Waals surface area contributed by atoms with Crippen molar-refractivity contribution in [1.29, 1.82) is 0 Å². The Hall–Kier alpha value is -1.20. The Morgan fingerprint density at radius 3 is 3.05 bits per heavy atom. The molecular formula is C14H16BrN3O. The normalized spacial score (nSPS) is 19.5. The zero-order chi connectivity index (χ0) is 13.1. The maximum absolute atomic E-state index is 5.37. The Kier molecular flexibility index (Phi) is 3.94. The minimum absolute atomic E-state index is 0.612. The Morgan fingerprint density at radius 1 is 1.37 bits per heavy atom. The number of aromatic nitrogens is 2. The molecule has 0 saturated carbocycles. The van der Waals surface area contributed by atoms with Gasteiger partial charge in [-0.25, -0.2) is 0 Å². The van der Waals surface area contributed by atoms with E-state index in [0.29, 0.717) is 11.7 Å². The molecule has 0 amide bonds. The molecule has 4 nitrogen and oxygen atoms in total. The van der Waals surface area contributed by atoms with Gasteiger partial charge < -0.3 is 9.84 Å². The standard InChI is InChI=1S/C14H16BrN3O/c15-12-6-2-1-5-11(12)14-17-13(19-18-14)8-10-4-3-7-16-9-10/h1-2,5-6,10,16H,3-4,7-9H2. The number of nitrogens with zero attached hydrogens (tertiary/aromatic N) is 2. The molecule has 1 aliphatic rings. The minimum atomic E-state index is 0.612. The van der Waals surface area contributed by atoms with Gasteiger partial charge in [-0.15, -0.1) is 0 Å². The van der Waals surface area contributed by atoms with Crippen LogP contribution in [0.2, 0.25) is 0 Å². The molecule has 2 heterocycles. The van der Waals surface area contributed by atoms with Gasteiger partial charge in [-0.3, -0.25) is 0 Å². The first kappa shape index (κ1) is 12.8. The number of rotatable bonds is 3. The van der Waals surface area contributed by atoms with Gasteiger partial charge in [0.15, 0.2) is 0 Å². The van der Waals surface area contributed by atoms with E-state index in [9.17, 15) is 0 Å². The molecule has 1 aromatic carbocycles. The van der Waals surface area contributed by atoms with Crippen molar-refractivity contribution in [2.75, 3.05) is 13.1 Å². The van der Waals surface area contributed by atoms with Gasteiger partial charge in [-0.05, 0) is 44.0 Å². The highest BCUT2D eigenvalue weighted by atomic mass is 79.9. The SMILES string of the molecule is Brc1ccccc1-c1noc(CC2CCCNC2)n1. The molecule has 0 spiro atoms. The van der Waals surface area contributed by atoms with Crippen LogP contribution in [0.4, 0.5) is 0 Å². The van der Waals surface area contributed by atoms with Crippen LogP contribution >= 0.6 is 15.9 Å². The van der Waals surface area contributed by atoms with Gasteiger partial charge in [-0.1, -0.05) is 33.2 Å². The molecule has 1 aliphatic heterocycles. The van der Waals surface area contributed by atoms with E-state index in [1.54, 1.807) is 0 Å². The monoisotopic (exact) mass is 321 g/mol. The van der Waals surface area contributed by atoms with Gasteiger partial charge in [0.05, 0.1) is 0 Å². The largest absolute Gasteiger partial charge is 0.339 e.